The minimum atomic E-state index is -4.54. The van der Waals surface area contributed by atoms with Crippen molar-refractivity contribution < 1.29 is 34.4 Å². The molecule has 1 aromatic carbocycles. The lowest BCUT2D eigenvalue weighted by Crippen LogP contribution is -2.56. The molecule has 2 atom stereocenters. The molecule has 6 nitrogen and oxygen atoms in total. The molecule has 14 heteroatoms. The second-order valence-electron chi connectivity index (χ2n) is 13.5. The lowest BCUT2D eigenvalue weighted by Gasteiger charge is -2.41. The van der Waals surface area contributed by atoms with Gasteiger partial charge in [0.25, 0.3) is 9.28 Å². The number of amides is 1. The van der Waals surface area contributed by atoms with E-state index in [1.807, 2.05) is 6.07 Å². The molecule has 0 heterocycles. The number of hydrogen-bond acceptors (Lipinski definition) is 5. The van der Waals surface area contributed by atoms with Crippen molar-refractivity contribution >= 4 is 54.6 Å². The summed E-state index contributed by atoms with van der Waals surface area (Å²) in [4.78, 5) is 13.2. The summed E-state index contributed by atoms with van der Waals surface area (Å²) in [6.07, 6.45) is 0.0626. The number of benzene rings is 1. The average Bonchev–Trinajstić information content (AvgIpc) is 2.83. The highest BCUT2D eigenvalue weighted by Crippen LogP contribution is 2.30. The average molecular weight is 698 g/mol. The lowest BCUT2D eigenvalue weighted by molar-refractivity contribution is -0.151. The van der Waals surface area contributed by atoms with Crippen molar-refractivity contribution in [2.75, 3.05) is 11.9 Å². The van der Waals surface area contributed by atoms with Crippen molar-refractivity contribution in [2.24, 2.45) is 0 Å². The van der Waals surface area contributed by atoms with E-state index in [1.165, 1.54) is 7.05 Å². The molecule has 0 radical (unpaired) electrons. The summed E-state index contributed by atoms with van der Waals surface area (Å²) in [6.45, 7) is 22.0. The van der Waals surface area contributed by atoms with Gasteiger partial charge in [0.15, 0.2) is 16.6 Å². The summed E-state index contributed by atoms with van der Waals surface area (Å²) in [5.41, 5.74) is 1.41. The number of halogens is 3. The predicted molar refractivity (Wildman–Crippen MR) is 184 cm³/mol. The van der Waals surface area contributed by atoms with Crippen LogP contribution in [0.5, 0.6) is 0 Å². The van der Waals surface area contributed by atoms with E-state index in [1.54, 1.807) is 18.2 Å². The highest BCUT2D eigenvalue weighted by molar-refractivity contribution is 6.88. The smallest absolute Gasteiger partial charge is 0.397 e. The molecule has 0 aliphatic carbocycles. The zero-order valence-corrected chi connectivity index (χ0v) is 33.7. The van der Waals surface area contributed by atoms with E-state index in [0.29, 0.717) is 12.1 Å². The maximum atomic E-state index is 12.8. The van der Waals surface area contributed by atoms with Gasteiger partial charge in [-0.3, -0.25) is 4.79 Å². The summed E-state index contributed by atoms with van der Waals surface area (Å²) in [6, 6.07) is 10.1. The van der Waals surface area contributed by atoms with E-state index < -0.39 is 61.5 Å². The highest BCUT2D eigenvalue weighted by atomic mass is 28.5. The maximum absolute atomic E-state index is 12.8. The van der Waals surface area contributed by atoms with Gasteiger partial charge in [0, 0.05) is 12.7 Å². The van der Waals surface area contributed by atoms with Crippen LogP contribution in [0.2, 0.25) is 70.5 Å². The molecule has 1 aromatic rings. The van der Waals surface area contributed by atoms with Gasteiger partial charge >= 0.3 is 23.3 Å². The first-order valence-corrected chi connectivity index (χ1v) is 29.5. The number of aryl methyl sites for hydroxylation is 1. The van der Waals surface area contributed by atoms with Gasteiger partial charge in [-0.25, -0.2) is 0 Å². The van der Waals surface area contributed by atoms with Gasteiger partial charge in [-0.15, -0.1) is 0 Å². The van der Waals surface area contributed by atoms with E-state index in [-0.39, 0.29) is 0 Å². The molecule has 0 fully saturated rings. The first-order valence-electron chi connectivity index (χ1n) is 15.8. The van der Waals surface area contributed by atoms with Crippen LogP contribution in [0.25, 0.3) is 0 Å². The molecule has 0 aliphatic heterocycles. The summed E-state index contributed by atoms with van der Waals surface area (Å²) in [5.74, 6) is -0.978. The molecular formula is C29H58F3NO5Si5. The SMILES string of the molecule is CCCC[Si](C)(C)O[SiH](C)O[Si](C)(CCCc1cccc(N(C)C(=O)CC(F)(F)F)c1)O[Si](C)(C)O[Si](C)(C)CCCC. The van der Waals surface area contributed by atoms with Gasteiger partial charge in [0.2, 0.25) is 5.91 Å². The molecule has 250 valence electrons. The second-order valence-corrected chi connectivity index (χ2v) is 31.8. The Kier molecular flexibility index (Phi) is 16.3. The zero-order chi connectivity index (χ0) is 33.1. The fourth-order valence-electron chi connectivity index (χ4n) is 5.45. The molecule has 0 N–H and O–H groups in total. The number of unbranched alkanes of at least 4 members (excludes halogenated alkanes) is 2. The highest BCUT2D eigenvalue weighted by Gasteiger charge is 2.44. The van der Waals surface area contributed by atoms with Crippen LogP contribution in [-0.2, 0) is 27.7 Å². The monoisotopic (exact) mass is 697 g/mol. The molecule has 43 heavy (non-hydrogen) atoms. The third-order valence-corrected chi connectivity index (χ3v) is 26.7. The number of anilines is 1. The van der Waals surface area contributed by atoms with Gasteiger partial charge in [-0.05, 0) is 101 Å². The molecule has 0 aliphatic rings. The number of carbonyl (C=O) groups is 1. The van der Waals surface area contributed by atoms with Crippen molar-refractivity contribution in [1.82, 2.24) is 0 Å². The van der Waals surface area contributed by atoms with Gasteiger partial charge in [-0.1, -0.05) is 51.7 Å². The fourth-order valence-corrected chi connectivity index (χ4v) is 28.1. The van der Waals surface area contributed by atoms with Crippen LogP contribution in [0.1, 0.15) is 57.9 Å². The van der Waals surface area contributed by atoms with Crippen LogP contribution in [0.4, 0.5) is 18.9 Å². The Morgan fingerprint density at radius 1 is 0.860 bits per heavy atom. The van der Waals surface area contributed by atoms with E-state index >= 15 is 0 Å². The number of carbonyl (C=O) groups excluding carboxylic acids is 1. The first kappa shape index (κ1) is 40.4. The Hall–Kier alpha value is -0.596. The largest absolute Gasteiger partial charge is 0.439 e. The van der Waals surface area contributed by atoms with E-state index in [4.69, 9.17) is 16.5 Å². The van der Waals surface area contributed by atoms with Gasteiger partial charge in [0.05, 0.1) is 0 Å². The summed E-state index contributed by atoms with van der Waals surface area (Å²) >= 11 is 0. The molecule has 0 saturated heterocycles. The quantitative estimate of drug-likeness (QED) is 0.127. The molecule has 1 rings (SSSR count). The Balaban J connectivity index is 3.07. The maximum Gasteiger partial charge on any atom is 0.397 e. The number of hydrogen-bond donors (Lipinski definition) is 0. The molecule has 0 saturated carbocycles. The van der Waals surface area contributed by atoms with Crippen molar-refractivity contribution in [1.29, 1.82) is 0 Å². The van der Waals surface area contributed by atoms with Crippen molar-refractivity contribution in [3.63, 3.8) is 0 Å². The van der Waals surface area contributed by atoms with Crippen LogP contribution in [0.15, 0.2) is 24.3 Å². The van der Waals surface area contributed by atoms with Crippen molar-refractivity contribution in [3.05, 3.63) is 29.8 Å². The van der Waals surface area contributed by atoms with E-state index in [0.717, 1.165) is 60.7 Å². The fraction of sp³-hybridized carbons (Fsp3) is 0.759. The Morgan fingerprint density at radius 2 is 1.44 bits per heavy atom. The molecule has 0 bridgehead atoms. The molecule has 0 spiro atoms. The second kappa shape index (κ2) is 17.4. The lowest BCUT2D eigenvalue weighted by atomic mass is 10.1. The minimum Gasteiger partial charge on any atom is -0.439 e. The van der Waals surface area contributed by atoms with Gasteiger partial charge in [0.1, 0.15) is 6.42 Å². The zero-order valence-electron chi connectivity index (χ0n) is 28.6. The van der Waals surface area contributed by atoms with Crippen LogP contribution in [0.3, 0.4) is 0 Å². The topological polar surface area (TPSA) is 57.2 Å². The van der Waals surface area contributed by atoms with Crippen LogP contribution in [-0.4, -0.2) is 62.2 Å². The van der Waals surface area contributed by atoms with Crippen molar-refractivity contribution in [3.8, 4) is 0 Å². The number of nitrogens with zero attached hydrogens (tertiary/aromatic N) is 1. The van der Waals surface area contributed by atoms with E-state index in [2.05, 4.69) is 66.2 Å². The molecule has 1 amide bonds. The first-order chi connectivity index (χ1) is 19.6. The van der Waals surface area contributed by atoms with E-state index in [9.17, 15) is 18.0 Å². The third kappa shape index (κ3) is 17.1. The third-order valence-electron chi connectivity index (χ3n) is 7.27. The summed E-state index contributed by atoms with van der Waals surface area (Å²) in [5, 5.41) is 0. The summed E-state index contributed by atoms with van der Waals surface area (Å²) < 4.78 is 65.5. The number of alkyl halides is 3. The molecular weight excluding hydrogens is 640 g/mol. The molecule has 2 unspecified atom stereocenters. The minimum absolute atomic E-state index is 0.453. The van der Waals surface area contributed by atoms with Crippen LogP contribution >= 0.6 is 0 Å². The number of rotatable bonds is 20. The van der Waals surface area contributed by atoms with Crippen LogP contribution in [0, 0.1) is 0 Å². The molecule has 0 aromatic heterocycles. The predicted octanol–water partition coefficient (Wildman–Crippen LogP) is 9.24. The van der Waals surface area contributed by atoms with Gasteiger partial charge < -0.3 is 21.4 Å². The Labute approximate surface area is 265 Å². The van der Waals surface area contributed by atoms with Gasteiger partial charge in [-0.2, -0.15) is 13.2 Å². The Bertz CT molecular complexity index is 1000. The standard InChI is InChI=1S/C29H58F3NO5Si5/c1-12-14-21-40(5,6)35-39(4)36-43(11,38-42(9,10)37-41(7,8)22-15-13-2)23-17-19-26-18-16-20-27(24-26)33(3)28(34)25-29(30,31)32/h16,18,20,24,39H,12-15,17,19,21-23,25H2,1-11H3. The normalized spacial score (nSPS) is 15.3. The Morgan fingerprint density at radius 3 is 2.00 bits per heavy atom. The van der Waals surface area contributed by atoms with Crippen LogP contribution < -0.4 is 4.90 Å². The van der Waals surface area contributed by atoms with Crippen molar-refractivity contribution in [2.45, 2.75) is 135 Å². The summed E-state index contributed by atoms with van der Waals surface area (Å²) in [7, 11) is -9.56.